The van der Waals surface area contributed by atoms with Gasteiger partial charge in [-0.15, -0.1) is 0 Å². The van der Waals surface area contributed by atoms with E-state index in [0.29, 0.717) is 18.3 Å². The summed E-state index contributed by atoms with van der Waals surface area (Å²) < 4.78 is 12.9. The van der Waals surface area contributed by atoms with E-state index in [-0.39, 0.29) is 23.8 Å². The lowest BCUT2D eigenvalue weighted by molar-refractivity contribution is -0.0241. The minimum atomic E-state index is -0.281. The number of anilines is 1. The van der Waals surface area contributed by atoms with Crippen LogP contribution in [0.25, 0.3) is 11.0 Å². The molecule has 1 aliphatic heterocycles. The SMILES string of the molecule is CC(C)(C)OCc1cc(C(=O)N2CCn3c2nc2ccccc23)no1. The summed E-state index contributed by atoms with van der Waals surface area (Å²) in [6.45, 7) is 7.47. The Balaban J connectivity index is 1.56. The first-order chi connectivity index (χ1) is 11.9. The second-order valence-electron chi connectivity index (χ2n) is 7.09. The second-order valence-corrected chi connectivity index (χ2v) is 7.09. The Morgan fingerprint density at radius 2 is 2.08 bits per heavy atom. The number of carbonyl (C=O) groups is 1. The smallest absolute Gasteiger partial charge is 0.282 e. The van der Waals surface area contributed by atoms with Gasteiger partial charge in [0.15, 0.2) is 11.5 Å². The minimum Gasteiger partial charge on any atom is -0.368 e. The Bertz CT molecular complexity index is 935. The quantitative estimate of drug-likeness (QED) is 0.733. The molecule has 0 N–H and O–H groups in total. The summed E-state index contributed by atoms with van der Waals surface area (Å²) in [5.41, 5.74) is 1.91. The van der Waals surface area contributed by atoms with Crippen molar-refractivity contribution in [1.82, 2.24) is 14.7 Å². The molecule has 0 saturated carbocycles. The molecule has 4 rings (SSSR count). The van der Waals surface area contributed by atoms with E-state index in [2.05, 4.69) is 14.7 Å². The van der Waals surface area contributed by atoms with Gasteiger partial charge in [0.2, 0.25) is 5.95 Å². The molecule has 7 nitrogen and oxygen atoms in total. The van der Waals surface area contributed by atoms with Crippen LogP contribution in [0.1, 0.15) is 37.0 Å². The number of fused-ring (bicyclic) bond motifs is 3. The molecular weight excluding hydrogens is 320 g/mol. The van der Waals surface area contributed by atoms with Crippen molar-refractivity contribution < 1.29 is 14.1 Å². The van der Waals surface area contributed by atoms with E-state index in [1.807, 2.05) is 45.0 Å². The Labute approximate surface area is 145 Å². The van der Waals surface area contributed by atoms with Crippen molar-refractivity contribution in [1.29, 1.82) is 0 Å². The zero-order chi connectivity index (χ0) is 17.6. The molecule has 0 spiro atoms. The van der Waals surface area contributed by atoms with Crippen molar-refractivity contribution in [3.63, 3.8) is 0 Å². The molecule has 25 heavy (non-hydrogen) atoms. The molecule has 0 fully saturated rings. The van der Waals surface area contributed by atoms with Gasteiger partial charge in [0.05, 0.1) is 16.6 Å². The van der Waals surface area contributed by atoms with Gasteiger partial charge >= 0.3 is 0 Å². The third-order valence-corrected chi connectivity index (χ3v) is 4.09. The molecule has 130 valence electrons. The fourth-order valence-electron chi connectivity index (χ4n) is 2.89. The van der Waals surface area contributed by atoms with Gasteiger partial charge in [0.1, 0.15) is 6.61 Å². The van der Waals surface area contributed by atoms with Crippen molar-refractivity contribution in [2.24, 2.45) is 0 Å². The molecule has 0 radical (unpaired) electrons. The predicted molar refractivity (Wildman–Crippen MR) is 92.5 cm³/mol. The van der Waals surface area contributed by atoms with Gasteiger partial charge in [0.25, 0.3) is 5.91 Å². The van der Waals surface area contributed by atoms with E-state index in [1.165, 1.54) is 0 Å². The predicted octanol–water partition coefficient (Wildman–Crippen LogP) is 3.00. The monoisotopic (exact) mass is 340 g/mol. The number of para-hydroxylation sites is 2. The molecule has 0 atom stereocenters. The maximum atomic E-state index is 12.8. The van der Waals surface area contributed by atoms with E-state index in [1.54, 1.807) is 11.0 Å². The Hall–Kier alpha value is -2.67. The normalized spacial score (nSPS) is 14.3. The molecule has 1 aromatic carbocycles. The number of carbonyl (C=O) groups excluding carboxylic acids is 1. The summed E-state index contributed by atoms with van der Waals surface area (Å²) in [6, 6.07) is 9.51. The standard InChI is InChI=1S/C18H20N4O3/c1-18(2,3)24-11-12-10-14(20-25-12)16(23)22-9-8-21-15-7-5-4-6-13(15)19-17(21)22/h4-7,10H,8-9,11H2,1-3H3. The van der Waals surface area contributed by atoms with Crippen LogP contribution >= 0.6 is 0 Å². The molecule has 1 aliphatic rings. The third-order valence-electron chi connectivity index (χ3n) is 4.09. The van der Waals surface area contributed by atoms with E-state index in [4.69, 9.17) is 9.26 Å². The maximum Gasteiger partial charge on any atom is 0.282 e. The lowest BCUT2D eigenvalue weighted by atomic mass is 10.2. The van der Waals surface area contributed by atoms with Gasteiger partial charge < -0.3 is 13.8 Å². The summed E-state index contributed by atoms with van der Waals surface area (Å²) in [5.74, 6) is 0.979. The van der Waals surface area contributed by atoms with E-state index < -0.39 is 0 Å². The number of nitrogens with zero attached hydrogens (tertiary/aromatic N) is 4. The van der Waals surface area contributed by atoms with Crippen LogP contribution in [0, 0.1) is 0 Å². The molecule has 3 aromatic rings. The molecule has 2 aromatic heterocycles. The first kappa shape index (κ1) is 15.8. The van der Waals surface area contributed by atoms with Gasteiger partial charge in [0, 0.05) is 19.2 Å². The Morgan fingerprint density at radius 1 is 1.28 bits per heavy atom. The molecule has 7 heteroatoms. The fourth-order valence-corrected chi connectivity index (χ4v) is 2.89. The Kier molecular flexibility index (Phi) is 3.61. The van der Waals surface area contributed by atoms with Crippen LogP contribution in [0.2, 0.25) is 0 Å². The molecule has 0 bridgehead atoms. The number of imidazole rings is 1. The first-order valence-electron chi connectivity index (χ1n) is 8.29. The number of benzene rings is 1. The molecule has 0 saturated heterocycles. The van der Waals surface area contributed by atoms with E-state index >= 15 is 0 Å². The highest BCUT2D eigenvalue weighted by atomic mass is 16.5. The van der Waals surface area contributed by atoms with Crippen molar-refractivity contribution in [2.45, 2.75) is 39.5 Å². The lowest BCUT2D eigenvalue weighted by Gasteiger charge is -2.17. The number of rotatable bonds is 3. The molecule has 1 amide bonds. The van der Waals surface area contributed by atoms with E-state index in [9.17, 15) is 4.79 Å². The Morgan fingerprint density at radius 3 is 2.88 bits per heavy atom. The highest BCUT2D eigenvalue weighted by Gasteiger charge is 2.30. The van der Waals surface area contributed by atoms with Crippen LogP contribution in [0.5, 0.6) is 0 Å². The highest BCUT2D eigenvalue weighted by molar-refractivity contribution is 6.05. The summed E-state index contributed by atoms with van der Waals surface area (Å²) in [5, 5.41) is 3.90. The average molecular weight is 340 g/mol. The maximum absolute atomic E-state index is 12.8. The zero-order valence-corrected chi connectivity index (χ0v) is 14.5. The summed E-state index contributed by atoms with van der Waals surface area (Å²) in [7, 11) is 0. The average Bonchev–Trinajstić information content (AvgIpc) is 3.26. The molecule has 3 heterocycles. The van der Waals surface area contributed by atoms with Crippen LogP contribution in [0.4, 0.5) is 5.95 Å². The highest BCUT2D eigenvalue weighted by Crippen LogP contribution is 2.28. The molecular formula is C18H20N4O3. The van der Waals surface area contributed by atoms with Crippen LogP contribution in [0.15, 0.2) is 34.9 Å². The molecule has 0 aliphatic carbocycles. The number of hydrogen-bond donors (Lipinski definition) is 0. The van der Waals surface area contributed by atoms with Crippen LogP contribution in [-0.4, -0.2) is 32.8 Å². The van der Waals surface area contributed by atoms with Gasteiger partial charge in [-0.1, -0.05) is 17.3 Å². The minimum absolute atomic E-state index is 0.209. The number of hydrogen-bond acceptors (Lipinski definition) is 5. The number of amides is 1. The first-order valence-corrected chi connectivity index (χ1v) is 8.29. The van der Waals surface area contributed by atoms with Crippen LogP contribution in [0.3, 0.4) is 0 Å². The second kappa shape index (κ2) is 5.70. The van der Waals surface area contributed by atoms with Crippen molar-refractivity contribution in [2.75, 3.05) is 11.4 Å². The summed E-state index contributed by atoms with van der Waals surface area (Å²) >= 11 is 0. The zero-order valence-electron chi connectivity index (χ0n) is 14.5. The topological polar surface area (TPSA) is 73.4 Å². The lowest BCUT2D eigenvalue weighted by Crippen LogP contribution is -2.29. The van der Waals surface area contributed by atoms with Crippen molar-refractivity contribution >= 4 is 22.9 Å². The van der Waals surface area contributed by atoms with Crippen molar-refractivity contribution in [3.05, 3.63) is 41.8 Å². The fraction of sp³-hybridized carbons (Fsp3) is 0.389. The van der Waals surface area contributed by atoms with Crippen molar-refractivity contribution in [3.8, 4) is 0 Å². The van der Waals surface area contributed by atoms with E-state index in [0.717, 1.165) is 17.6 Å². The van der Waals surface area contributed by atoms with Crippen LogP contribution in [-0.2, 0) is 17.9 Å². The van der Waals surface area contributed by atoms with Gasteiger partial charge in [-0.05, 0) is 32.9 Å². The van der Waals surface area contributed by atoms with Crippen LogP contribution < -0.4 is 4.90 Å². The third kappa shape index (κ3) is 2.91. The van der Waals surface area contributed by atoms with Gasteiger partial charge in [-0.25, -0.2) is 4.98 Å². The number of aromatic nitrogens is 3. The number of ether oxygens (including phenoxy) is 1. The van der Waals surface area contributed by atoms with Gasteiger partial charge in [-0.3, -0.25) is 9.69 Å². The summed E-state index contributed by atoms with van der Waals surface area (Å²) in [6.07, 6.45) is 0. The summed E-state index contributed by atoms with van der Waals surface area (Å²) in [4.78, 5) is 19.0. The van der Waals surface area contributed by atoms with Gasteiger partial charge in [-0.2, -0.15) is 0 Å². The molecule has 0 unspecified atom stereocenters. The largest absolute Gasteiger partial charge is 0.368 e.